The topological polar surface area (TPSA) is 30.9 Å². The highest BCUT2D eigenvalue weighted by Gasteiger charge is 2.22. The van der Waals surface area contributed by atoms with E-state index >= 15 is 0 Å². The van der Waals surface area contributed by atoms with E-state index in [0.717, 1.165) is 24.5 Å². The fourth-order valence-electron chi connectivity index (χ4n) is 3.23. The number of hydrogen-bond donors (Lipinski definition) is 1. The Balaban J connectivity index is 0.00000243. The molecule has 0 saturated carbocycles. The van der Waals surface area contributed by atoms with E-state index in [-0.39, 0.29) is 29.8 Å². The highest BCUT2D eigenvalue weighted by atomic mass is 127. The van der Waals surface area contributed by atoms with Crippen molar-refractivity contribution in [1.29, 1.82) is 0 Å². The lowest BCUT2D eigenvalue weighted by Crippen LogP contribution is -2.40. The van der Waals surface area contributed by atoms with Crippen molar-refractivity contribution in [2.24, 2.45) is 4.99 Å². The van der Waals surface area contributed by atoms with Gasteiger partial charge in [0.25, 0.3) is 0 Å². The van der Waals surface area contributed by atoms with Gasteiger partial charge in [-0.3, -0.25) is 4.99 Å². The van der Waals surface area contributed by atoms with Crippen LogP contribution in [0.1, 0.15) is 16.7 Å². The van der Waals surface area contributed by atoms with Crippen molar-refractivity contribution in [2.45, 2.75) is 19.5 Å². The zero-order valence-corrected chi connectivity index (χ0v) is 17.8. The second-order valence-corrected chi connectivity index (χ2v) is 6.59. The Morgan fingerprint density at radius 3 is 2.73 bits per heavy atom. The minimum Gasteiger partial charge on any atom is -0.352 e. The summed E-state index contributed by atoms with van der Waals surface area (Å²) in [7, 11) is 5.68. The van der Waals surface area contributed by atoms with Crippen molar-refractivity contribution in [2.75, 3.05) is 32.6 Å². The molecule has 0 spiro atoms. The molecule has 3 rings (SSSR count). The molecular weight excluding hydrogens is 442 g/mol. The molecule has 1 heterocycles. The van der Waals surface area contributed by atoms with Gasteiger partial charge in [0.15, 0.2) is 5.96 Å². The SMILES string of the molecule is CN=C(NCc1ccc(F)c(CN(C)C)c1)N1CCc2ccccc21.I. The third-order valence-corrected chi connectivity index (χ3v) is 4.40. The summed E-state index contributed by atoms with van der Waals surface area (Å²) < 4.78 is 13.9. The van der Waals surface area contributed by atoms with E-state index in [4.69, 9.17) is 0 Å². The van der Waals surface area contributed by atoms with Crippen molar-refractivity contribution in [3.8, 4) is 0 Å². The zero-order chi connectivity index (χ0) is 17.8. The van der Waals surface area contributed by atoms with E-state index in [1.165, 1.54) is 11.3 Å². The van der Waals surface area contributed by atoms with Crippen LogP contribution in [0.3, 0.4) is 0 Å². The minimum atomic E-state index is -0.157. The second kappa shape index (κ2) is 9.32. The quantitative estimate of drug-likeness (QED) is 0.423. The summed E-state index contributed by atoms with van der Waals surface area (Å²) in [6, 6.07) is 13.7. The maximum Gasteiger partial charge on any atom is 0.198 e. The molecule has 1 N–H and O–H groups in total. The summed E-state index contributed by atoms with van der Waals surface area (Å²) in [6.45, 7) is 2.13. The van der Waals surface area contributed by atoms with Gasteiger partial charge in [0.1, 0.15) is 5.82 Å². The highest BCUT2D eigenvalue weighted by Crippen LogP contribution is 2.27. The van der Waals surface area contributed by atoms with Crippen molar-refractivity contribution < 1.29 is 4.39 Å². The van der Waals surface area contributed by atoms with Crippen LogP contribution in [-0.2, 0) is 19.5 Å². The van der Waals surface area contributed by atoms with Gasteiger partial charge in [-0.25, -0.2) is 4.39 Å². The molecule has 0 atom stereocenters. The molecule has 26 heavy (non-hydrogen) atoms. The van der Waals surface area contributed by atoms with E-state index in [2.05, 4.69) is 39.5 Å². The Kier molecular flexibility index (Phi) is 7.40. The molecule has 0 saturated heterocycles. The molecule has 0 aliphatic carbocycles. The summed E-state index contributed by atoms with van der Waals surface area (Å²) in [5.41, 5.74) is 4.32. The number of hydrogen-bond acceptors (Lipinski definition) is 2. The van der Waals surface area contributed by atoms with E-state index in [1.807, 2.05) is 31.1 Å². The zero-order valence-electron chi connectivity index (χ0n) is 15.5. The van der Waals surface area contributed by atoms with Crippen LogP contribution >= 0.6 is 24.0 Å². The lowest BCUT2D eigenvalue weighted by Gasteiger charge is -2.22. The molecule has 1 aliphatic rings. The maximum atomic E-state index is 13.9. The first-order valence-electron chi connectivity index (χ1n) is 8.56. The summed E-state index contributed by atoms with van der Waals surface area (Å²) in [4.78, 5) is 8.60. The smallest absolute Gasteiger partial charge is 0.198 e. The molecule has 2 aromatic rings. The number of guanidine groups is 1. The van der Waals surface area contributed by atoms with Gasteiger partial charge < -0.3 is 15.1 Å². The fraction of sp³-hybridized carbons (Fsp3) is 0.350. The van der Waals surface area contributed by atoms with Crippen LogP contribution in [0.25, 0.3) is 0 Å². The molecule has 0 unspecified atom stereocenters. The lowest BCUT2D eigenvalue weighted by atomic mass is 10.1. The van der Waals surface area contributed by atoms with Crippen LogP contribution in [0.4, 0.5) is 10.1 Å². The van der Waals surface area contributed by atoms with Crippen LogP contribution in [-0.4, -0.2) is 38.5 Å². The molecule has 4 nitrogen and oxygen atoms in total. The third kappa shape index (κ3) is 4.73. The number of para-hydroxylation sites is 1. The second-order valence-electron chi connectivity index (χ2n) is 6.59. The average molecular weight is 468 g/mol. The van der Waals surface area contributed by atoms with Gasteiger partial charge in [-0.2, -0.15) is 0 Å². The van der Waals surface area contributed by atoms with Crippen LogP contribution in [0.15, 0.2) is 47.5 Å². The Morgan fingerprint density at radius 2 is 2.00 bits per heavy atom. The first kappa shape index (κ1) is 20.6. The van der Waals surface area contributed by atoms with E-state index < -0.39 is 0 Å². The molecule has 2 aromatic carbocycles. The molecular formula is C20H26FIN4. The summed E-state index contributed by atoms with van der Waals surface area (Å²) in [5.74, 6) is 0.693. The molecule has 1 aliphatic heterocycles. The third-order valence-electron chi connectivity index (χ3n) is 4.40. The number of nitrogens with zero attached hydrogens (tertiary/aromatic N) is 3. The average Bonchev–Trinajstić information content (AvgIpc) is 3.02. The predicted octanol–water partition coefficient (Wildman–Crippen LogP) is 3.64. The van der Waals surface area contributed by atoms with Crippen molar-refractivity contribution in [1.82, 2.24) is 10.2 Å². The fourth-order valence-corrected chi connectivity index (χ4v) is 3.23. The van der Waals surface area contributed by atoms with Gasteiger partial charge in [0, 0.05) is 37.9 Å². The predicted molar refractivity (Wildman–Crippen MR) is 117 cm³/mol. The maximum absolute atomic E-state index is 13.9. The summed E-state index contributed by atoms with van der Waals surface area (Å²) in [6.07, 6.45) is 1.03. The Labute approximate surface area is 172 Å². The number of nitrogens with one attached hydrogen (secondary N) is 1. The van der Waals surface area contributed by atoms with E-state index in [1.54, 1.807) is 13.1 Å². The molecule has 0 fully saturated rings. The van der Waals surface area contributed by atoms with Crippen LogP contribution in [0, 0.1) is 5.82 Å². The Hall–Kier alpha value is -1.67. The normalized spacial score (nSPS) is 13.6. The molecule has 0 aromatic heterocycles. The molecule has 140 valence electrons. The van der Waals surface area contributed by atoms with Gasteiger partial charge >= 0.3 is 0 Å². The van der Waals surface area contributed by atoms with E-state index in [0.29, 0.717) is 18.7 Å². The Bertz CT molecular complexity index is 776. The summed E-state index contributed by atoms with van der Waals surface area (Å²) in [5, 5.41) is 3.41. The van der Waals surface area contributed by atoms with Crippen molar-refractivity contribution in [3.63, 3.8) is 0 Å². The Morgan fingerprint density at radius 1 is 1.23 bits per heavy atom. The standard InChI is InChI=1S/C20H25FN4.HI/c1-22-20(25-11-10-16-6-4-5-7-19(16)25)23-13-15-8-9-18(21)17(12-15)14-24(2)3;/h4-9,12H,10-11,13-14H2,1-3H3,(H,22,23);1H. The van der Waals surface area contributed by atoms with Gasteiger partial charge in [0.05, 0.1) is 0 Å². The molecule has 0 radical (unpaired) electrons. The molecule has 6 heteroatoms. The van der Waals surface area contributed by atoms with Gasteiger partial charge in [-0.15, -0.1) is 24.0 Å². The summed E-state index contributed by atoms with van der Waals surface area (Å²) >= 11 is 0. The molecule has 0 amide bonds. The number of fused-ring (bicyclic) bond motifs is 1. The first-order valence-corrected chi connectivity index (χ1v) is 8.56. The molecule has 0 bridgehead atoms. The number of anilines is 1. The van der Waals surface area contributed by atoms with Gasteiger partial charge in [0.2, 0.25) is 0 Å². The number of halogens is 2. The largest absolute Gasteiger partial charge is 0.352 e. The number of aliphatic imine (C=N–C) groups is 1. The van der Waals surface area contributed by atoms with Crippen molar-refractivity contribution in [3.05, 3.63) is 65.0 Å². The highest BCUT2D eigenvalue weighted by molar-refractivity contribution is 14.0. The van der Waals surface area contributed by atoms with Gasteiger partial charge in [-0.1, -0.05) is 24.3 Å². The van der Waals surface area contributed by atoms with Crippen LogP contribution in [0.5, 0.6) is 0 Å². The van der Waals surface area contributed by atoms with Crippen LogP contribution < -0.4 is 10.2 Å². The van der Waals surface area contributed by atoms with Gasteiger partial charge in [-0.05, 0) is 49.8 Å². The number of rotatable bonds is 4. The van der Waals surface area contributed by atoms with Crippen molar-refractivity contribution >= 4 is 35.6 Å². The van der Waals surface area contributed by atoms with E-state index in [9.17, 15) is 4.39 Å². The number of benzene rings is 2. The lowest BCUT2D eigenvalue weighted by molar-refractivity contribution is 0.392. The van der Waals surface area contributed by atoms with Crippen LogP contribution in [0.2, 0.25) is 0 Å². The monoisotopic (exact) mass is 468 g/mol. The minimum absolute atomic E-state index is 0. The first-order chi connectivity index (χ1) is 12.1.